The van der Waals surface area contributed by atoms with Gasteiger partial charge in [-0.05, 0) is 30.1 Å². The SMILES string of the molecule is CC(C)(C)C.CCC(=O)/C=C/CCCS. The molecule has 1 nitrogen and oxygen atoms in total. The molecule has 0 radical (unpaired) electrons. The third kappa shape index (κ3) is 31.6. The first-order chi connectivity index (χ1) is 6.81. The van der Waals surface area contributed by atoms with E-state index in [-0.39, 0.29) is 5.78 Å². The third-order valence-electron chi connectivity index (χ3n) is 1.18. The number of ketones is 1. The van der Waals surface area contributed by atoms with Crippen LogP contribution >= 0.6 is 12.6 Å². The Morgan fingerprint density at radius 2 is 1.73 bits per heavy atom. The summed E-state index contributed by atoms with van der Waals surface area (Å²) >= 11 is 4.05. The van der Waals surface area contributed by atoms with E-state index in [1.165, 1.54) is 0 Å². The molecular formula is C13H26OS. The maximum absolute atomic E-state index is 10.7. The Labute approximate surface area is 101 Å². The lowest BCUT2D eigenvalue weighted by molar-refractivity contribution is -0.114. The van der Waals surface area contributed by atoms with Crippen LogP contribution in [-0.2, 0) is 4.79 Å². The Hall–Kier alpha value is -0.240. The summed E-state index contributed by atoms with van der Waals surface area (Å²) in [5.41, 5.74) is 0.500. The van der Waals surface area contributed by atoms with Crippen molar-refractivity contribution < 1.29 is 4.79 Å². The van der Waals surface area contributed by atoms with Crippen molar-refractivity contribution in [1.29, 1.82) is 0 Å². The number of carbonyl (C=O) groups is 1. The van der Waals surface area contributed by atoms with Gasteiger partial charge < -0.3 is 0 Å². The standard InChI is InChI=1S/C8H14OS.C5H12/c1-2-8(9)6-4-3-5-7-10;1-5(2,3)4/h4,6,10H,2-3,5,7H2,1H3;1-4H3/b6-4+;. The Bertz CT molecular complexity index is 171. The zero-order chi connectivity index (χ0) is 12.3. The number of carbonyl (C=O) groups excluding carboxylic acids is 1. The van der Waals surface area contributed by atoms with Gasteiger partial charge in [-0.25, -0.2) is 0 Å². The van der Waals surface area contributed by atoms with Gasteiger partial charge in [0.25, 0.3) is 0 Å². The van der Waals surface area contributed by atoms with Crippen LogP contribution in [-0.4, -0.2) is 11.5 Å². The first-order valence-electron chi connectivity index (χ1n) is 5.61. The van der Waals surface area contributed by atoms with E-state index < -0.39 is 0 Å². The number of thiol groups is 1. The number of hydrogen-bond acceptors (Lipinski definition) is 2. The molecule has 0 aromatic carbocycles. The second kappa shape index (κ2) is 10.3. The van der Waals surface area contributed by atoms with Crippen LogP contribution in [0.2, 0.25) is 0 Å². The molecule has 0 rings (SSSR count). The van der Waals surface area contributed by atoms with Crippen molar-refractivity contribution in [2.75, 3.05) is 5.75 Å². The van der Waals surface area contributed by atoms with Gasteiger partial charge in [-0.2, -0.15) is 12.6 Å². The quantitative estimate of drug-likeness (QED) is 0.424. The molecule has 0 N–H and O–H groups in total. The van der Waals surface area contributed by atoms with Gasteiger partial charge in [-0.1, -0.05) is 40.7 Å². The molecule has 0 aromatic heterocycles. The van der Waals surface area contributed by atoms with E-state index >= 15 is 0 Å². The van der Waals surface area contributed by atoms with Gasteiger partial charge in [0.05, 0.1) is 0 Å². The second-order valence-electron chi connectivity index (χ2n) is 5.09. The lowest BCUT2D eigenvalue weighted by atomic mass is 10.0. The molecule has 0 bridgehead atoms. The Morgan fingerprint density at radius 3 is 2.07 bits per heavy atom. The Kier molecular flexibility index (Phi) is 11.8. The highest BCUT2D eigenvalue weighted by molar-refractivity contribution is 7.80. The minimum Gasteiger partial charge on any atom is -0.295 e. The van der Waals surface area contributed by atoms with Crippen LogP contribution in [0.4, 0.5) is 0 Å². The molecule has 2 heteroatoms. The van der Waals surface area contributed by atoms with Gasteiger partial charge in [-0.3, -0.25) is 4.79 Å². The van der Waals surface area contributed by atoms with E-state index in [4.69, 9.17) is 0 Å². The number of unbranched alkanes of at least 4 members (excludes halogenated alkanes) is 1. The molecule has 0 spiro atoms. The summed E-state index contributed by atoms with van der Waals surface area (Å²) in [5.74, 6) is 1.10. The number of allylic oxidation sites excluding steroid dienone is 2. The highest BCUT2D eigenvalue weighted by Crippen LogP contribution is 2.08. The molecule has 90 valence electrons. The van der Waals surface area contributed by atoms with Crippen molar-refractivity contribution in [3.63, 3.8) is 0 Å². The van der Waals surface area contributed by atoms with Crippen LogP contribution in [0.1, 0.15) is 53.9 Å². The maximum atomic E-state index is 10.7. The van der Waals surface area contributed by atoms with E-state index in [9.17, 15) is 4.79 Å². The number of hydrogen-bond donors (Lipinski definition) is 1. The van der Waals surface area contributed by atoms with E-state index in [0.717, 1.165) is 18.6 Å². The normalized spacial score (nSPS) is 11.1. The molecule has 0 aliphatic carbocycles. The fourth-order valence-electron chi connectivity index (χ4n) is 0.542. The maximum Gasteiger partial charge on any atom is 0.155 e. The molecule has 0 saturated carbocycles. The average Bonchev–Trinajstić information content (AvgIpc) is 2.09. The molecule has 15 heavy (non-hydrogen) atoms. The van der Waals surface area contributed by atoms with E-state index in [0.29, 0.717) is 11.8 Å². The summed E-state index contributed by atoms with van der Waals surface area (Å²) in [7, 11) is 0. The monoisotopic (exact) mass is 230 g/mol. The average molecular weight is 230 g/mol. The van der Waals surface area contributed by atoms with Crippen LogP contribution in [0, 0.1) is 5.41 Å². The highest BCUT2D eigenvalue weighted by Gasteiger charge is 1.95. The van der Waals surface area contributed by atoms with Crippen LogP contribution in [0.5, 0.6) is 0 Å². The second-order valence-corrected chi connectivity index (χ2v) is 5.54. The summed E-state index contributed by atoms with van der Waals surface area (Å²) < 4.78 is 0. The minimum absolute atomic E-state index is 0.208. The van der Waals surface area contributed by atoms with Crippen LogP contribution in [0.15, 0.2) is 12.2 Å². The third-order valence-corrected chi connectivity index (χ3v) is 1.50. The molecule has 0 unspecified atom stereocenters. The van der Waals surface area contributed by atoms with Gasteiger partial charge in [0, 0.05) is 6.42 Å². The van der Waals surface area contributed by atoms with Gasteiger partial charge in [0.2, 0.25) is 0 Å². The van der Waals surface area contributed by atoms with Crippen LogP contribution in [0.25, 0.3) is 0 Å². The van der Waals surface area contributed by atoms with E-state index in [2.05, 4.69) is 40.3 Å². The fraction of sp³-hybridized carbons (Fsp3) is 0.769. The zero-order valence-corrected chi connectivity index (χ0v) is 11.7. The smallest absolute Gasteiger partial charge is 0.155 e. The summed E-state index contributed by atoms with van der Waals surface area (Å²) in [6, 6.07) is 0. The van der Waals surface area contributed by atoms with Gasteiger partial charge in [-0.15, -0.1) is 0 Å². The minimum atomic E-state index is 0.208. The molecule has 0 atom stereocenters. The van der Waals surface area contributed by atoms with Crippen molar-refractivity contribution >= 4 is 18.4 Å². The zero-order valence-electron chi connectivity index (χ0n) is 10.8. The van der Waals surface area contributed by atoms with Crippen molar-refractivity contribution in [3.05, 3.63) is 12.2 Å². The highest BCUT2D eigenvalue weighted by atomic mass is 32.1. The molecule has 0 amide bonds. The van der Waals surface area contributed by atoms with Gasteiger partial charge in [0.1, 0.15) is 0 Å². The number of rotatable bonds is 5. The molecule has 0 fully saturated rings. The van der Waals surface area contributed by atoms with Crippen LogP contribution in [0.3, 0.4) is 0 Å². The van der Waals surface area contributed by atoms with Gasteiger partial charge >= 0.3 is 0 Å². The molecular weight excluding hydrogens is 204 g/mol. The van der Waals surface area contributed by atoms with E-state index in [1.54, 1.807) is 6.08 Å². The molecule has 0 aliphatic heterocycles. The lowest BCUT2D eigenvalue weighted by Crippen LogP contribution is -1.93. The molecule has 0 aromatic rings. The first kappa shape index (κ1) is 17.2. The predicted molar refractivity (Wildman–Crippen MR) is 72.7 cm³/mol. The van der Waals surface area contributed by atoms with Crippen molar-refractivity contribution in [3.8, 4) is 0 Å². The summed E-state index contributed by atoms with van der Waals surface area (Å²) in [4.78, 5) is 10.7. The summed E-state index contributed by atoms with van der Waals surface area (Å²) in [6.45, 7) is 10.6. The first-order valence-corrected chi connectivity index (χ1v) is 6.24. The van der Waals surface area contributed by atoms with Gasteiger partial charge in [0.15, 0.2) is 5.78 Å². The molecule has 0 heterocycles. The topological polar surface area (TPSA) is 17.1 Å². The molecule has 0 aliphatic rings. The summed E-state index contributed by atoms with van der Waals surface area (Å²) in [6.07, 6.45) is 6.20. The van der Waals surface area contributed by atoms with Crippen molar-refractivity contribution in [1.82, 2.24) is 0 Å². The largest absolute Gasteiger partial charge is 0.295 e. The Balaban J connectivity index is 0. The molecule has 0 saturated heterocycles. The Morgan fingerprint density at radius 1 is 1.27 bits per heavy atom. The van der Waals surface area contributed by atoms with Crippen LogP contribution < -0.4 is 0 Å². The van der Waals surface area contributed by atoms with E-state index in [1.807, 2.05) is 13.0 Å². The van der Waals surface area contributed by atoms with Crippen molar-refractivity contribution in [2.24, 2.45) is 5.41 Å². The van der Waals surface area contributed by atoms with Crippen molar-refractivity contribution in [2.45, 2.75) is 53.9 Å². The summed E-state index contributed by atoms with van der Waals surface area (Å²) in [5, 5.41) is 0. The lowest BCUT2D eigenvalue weighted by Gasteiger charge is -2.05. The fourth-order valence-corrected chi connectivity index (χ4v) is 0.724. The predicted octanol–water partition coefficient (Wildman–Crippen LogP) is 4.28.